The quantitative estimate of drug-likeness (QED) is 0.734. The highest BCUT2D eigenvalue weighted by Gasteiger charge is 2.46. The van der Waals surface area contributed by atoms with E-state index in [0.29, 0.717) is 18.2 Å². The smallest absolute Gasteiger partial charge is 0.352 e. The number of anilines is 1. The van der Waals surface area contributed by atoms with Crippen molar-refractivity contribution in [2.45, 2.75) is 24.9 Å². The first-order chi connectivity index (χ1) is 14.1. The maximum Gasteiger partial charge on any atom is 0.352 e. The van der Waals surface area contributed by atoms with Gasteiger partial charge in [-0.3, -0.25) is 9.59 Å². The molecular weight excluding hydrogens is 411 g/mol. The minimum atomic E-state index is -4.25. The predicted molar refractivity (Wildman–Crippen MR) is 96.4 cm³/mol. The first kappa shape index (κ1) is 21.7. The van der Waals surface area contributed by atoms with Crippen LogP contribution in [0.3, 0.4) is 0 Å². The van der Waals surface area contributed by atoms with Crippen molar-refractivity contribution in [3.05, 3.63) is 65.0 Å². The minimum absolute atomic E-state index is 0.104. The maximum atomic E-state index is 14.7. The summed E-state index contributed by atoms with van der Waals surface area (Å²) >= 11 is 0. The van der Waals surface area contributed by atoms with Gasteiger partial charge in [0, 0.05) is 30.4 Å². The van der Waals surface area contributed by atoms with Gasteiger partial charge >= 0.3 is 5.92 Å². The van der Waals surface area contributed by atoms with Gasteiger partial charge in [-0.05, 0) is 43.2 Å². The highest BCUT2D eigenvalue weighted by atomic mass is 19.3. The normalized spacial score (nSPS) is 15.2. The molecule has 1 aliphatic rings. The summed E-state index contributed by atoms with van der Waals surface area (Å²) in [6.45, 7) is -0.207. The predicted octanol–water partition coefficient (Wildman–Crippen LogP) is 3.43. The molecule has 1 fully saturated rings. The van der Waals surface area contributed by atoms with Crippen LogP contribution < -0.4 is 5.32 Å². The molecule has 0 aliphatic carbocycles. The van der Waals surface area contributed by atoms with Crippen molar-refractivity contribution in [2.75, 3.05) is 18.4 Å². The Labute approximate surface area is 168 Å². The van der Waals surface area contributed by atoms with E-state index in [1.54, 1.807) is 0 Å². The molecule has 0 aromatic heterocycles. The third-order valence-electron chi connectivity index (χ3n) is 4.76. The van der Waals surface area contributed by atoms with Crippen LogP contribution in [0.2, 0.25) is 0 Å². The molecule has 0 spiro atoms. The number of halogens is 5. The van der Waals surface area contributed by atoms with Crippen LogP contribution in [0.15, 0.2) is 36.4 Å². The molecule has 5 nitrogen and oxygen atoms in total. The molecule has 2 amide bonds. The zero-order chi connectivity index (χ0) is 22.1. The molecule has 0 saturated carbocycles. The largest absolute Gasteiger partial charge is 0.393 e. The molecule has 2 aromatic carbocycles. The maximum absolute atomic E-state index is 14.7. The van der Waals surface area contributed by atoms with Gasteiger partial charge in [0.25, 0.3) is 11.8 Å². The first-order valence-electron chi connectivity index (χ1n) is 9.01. The third kappa shape index (κ3) is 4.43. The van der Waals surface area contributed by atoms with E-state index in [4.69, 9.17) is 0 Å². The summed E-state index contributed by atoms with van der Waals surface area (Å²) in [5.74, 6) is -10.6. The first-order valence-corrected chi connectivity index (χ1v) is 9.01. The van der Waals surface area contributed by atoms with Crippen LogP contribution in [-0.4, -0.2) is 41.0 Å². The molecule has 1 saturated heterocycles. The van der Waals surface area contributed by atoms with E-state index in [1.807, 2.05) is 0 Å². The van der Waals surface area contributed by atoms with E-state index in [0.717, 1.165) is 23.1 Å². The second-order valence-corrected chi connectivity index (χ2v) is 6.88. The monoisotopic (exact) mass is 428 g/mol. The zero-order valence-corrected chi connectivity index (χ0v) is 15.5. The van der Waals surface area contributed by atoms with E-state index >= 15 is 0 Å². The summed E-state index contributed by atoms with van der Waals surface area (Å²) in [5.41, 5.74) is -1.83. The number of likely N-dealkylation sites (tertiary alicyclic amines) is 1. The van der Waals surface area contributed by atoms with E-state index in [1.165, 1.54) is 0 Å². The summed E-state index contributed by atoms with van der Waals surface area (Å²) in [4.78, 5) is 25.4. The number of hydrogen-bond acceptors (Lipinski definition) is 3. The number of aliphatic hydroxyl groups is 1. The lowest BCUT2D eigenvalue weighted by atomic mass is 10.0. The van der Waals surface area contributed by atoms with Gasteiger partial charge in [-0.1, -0.05) is 0 Å². The average molecular weight is 428 g/mol. The number of piperidine rings is 1. The molecule has 160 valence electrons. The number of amides is 2. The van der Waals surface area contributed by atoms with Gasteiger partial charge in [0.1, 0.15) is 5.82 Å². The minimum Gasteiger partial charge on any atom is -0.393 e. The molecule has 0 unspecified atom stereocenters. The molecule has 2 N–H and O–H groups in total. The van der Waals surface area contributed by atoms with Crippen molar-refractivity contribution < 1.29 is 36.6 Å². The third-order valence-corrected chi connectivity index (χ3v) is 4.76. The highest BCUT2D eigenvalue weighted by molar-refractivity contribution is 6.04. The number of aliphatic hydroxyl groups excluding tert-OH is 1. The molecule has 1 heterocycles. The fourth-order valence-electron chi connectivity index (χ4n) is 3.07. The molecule has 1 aliphatic heterocycles. The summed E-state index contributed by atoms with van der Waals surface area (Å²) in [6.07, 6.45) is -0.440. The Bertz CT molecular complexity index is 975. The number of hydrogen-bond donors (Lipinski definition) is 2. The van der Waals surface area contributed by atoms with Crippen LogP contribution in [0.25, 0.3) is 0 Å². The van der Waals surface area contributed by atoms with E-state index in [-0.39, 0.29) is 31.6 Å². The fraction of sp³-hybridized carbons (Fsp3) is 0.300. The van der Waals surface area contributed by atoms with Crippen LogP contribution in [0.1, 0.15) is 28.8 Å². The summed E-state index contributed by atoms with van der Waals surface area (Å²) in [6, 6.07) is 4.61. The van der Waals surface area contributed by atoms with Gasteiger partial charge < -0.3 is 15.3 Å². The Kier molecular flexibility index (Phi) is 6.06. The van der Waals surface area contributed by atoms with Gasteiger partial charge in [-0.25, -0.2) is 13.2 Å². The molecule has 30 heavy (non-hydrogen) atoms. The number of nitrogens with zero attached hydrogens (tertiary/aromatic N) is 1. The molecule has 0 atom stereocenters. The van der Waals surface area contributed by atoms with Crippen molar-refractivity contribution in [3.8, 4) is 0 Å². The number of carbonyl (C=O) groups is 2. The van der Waals surface area contributed by atoms with Gasteiger partial charge in [0.05, 0.1) is 11.7 Å². The van der Waals surface area contributed by atoms with Gasteiger partial charge in [0.15, 0.2) is 11.6 Å². The standard InChI is InChI=1S/C20H17F5N2O3/c21-15-3-1-11(18(29)26-12-2-4-16(22)17(23)10-12)9-14(15)20(24,25)19(30)27-7-5-13(28)6-8-27/h1-4,9-10,13,28H,5-8H2,(H,26,29). The van der Waals surface area contributed by atoms with E-state index in [9.17, 15) is 36.6 Å². The van der Waals surface area contributed by atoms with Crippen LogP contribution in [-0.2, 0) is 10.7 Å². The van der Waals surface area contributed by atoms with Crippen LogP contribution in [0, 0.1) is 17.5 Å². The molecule has 3 rings (SSSR count). The summed E-state index contributed by atoms with van der Waals surface area (Å²) < 4.78 is 69.9. The van der Waals surface area contributed by atoms with Gasteiger partial charge in [0.2, 0.25) is 0 Å². The molecule has 2 aromatic rings. The number of benzene rings is 2. The number of rotatable bonds is 4. The van der Waals surface area contributed by atoms with E-state index < -0.39 is 52.4 Å². The zero-order valence-electron chi connectivity index (χ0n) is 15.5. The lowest BCUT2D eigenvalue weighted by molar-refractivity contribution is -0.161. The molecule has 0 bridgehead atoms. The Balaban J connectivity index is 1.83. The van der Waals surface area contributed by atoms with Gasteiger partial charge in [-0.2, -0.15) is 8.78 Å². The number of alkyl halides is 2. The van der Waals surface area contributed by atoms with E-state index in [2.05, 4.69) is 5.32 Å². The Hall–Kier alpha value is -3.01. The van der Waals surface area contributed by atoms with Crippen LogP contribution in [0.4, 0.5) is 27.6 Å². The topological polar surface area (TPSA) is 69.6 Å². The second-order valence-electron chi connectivity index (χ2n) is 6.88. The molecule has 0 radical (unpaired) electrons. The highest BCUT2D eigenvalue weighted by Crippen LogP contribution is 2.34. The molecular formula is C20H17F5N2O3. The van der Waals surface area contributed by atoms with Crippen molar-refractivity contribution in [1.29, 1.82) is 0 Å². The Morgan fingerprint density at radius 2 is 1.60 bits per heavy atom. The average Bonchev–Trinajstić information content (AvgIpc) is 2.71. The van der Waals surface area contributed by atoms with Crippen molar-refractivity contribution in [2.24, 2.45) is 0 Å². The van der Waals surface area contributed by atoms with Crippen molar-refractivity contribution in [1.82, 2.24) is 4.90 Å². The van der Waals surface area contributed by atoms with Crippen molar-refractivity contribution >= 4 is 17.5 Å². The fourth-order valence-corrected chi connectivity index (χ4v) is 3.07. The Morgan fingerprint density at radius 1 is 0.967 bits per heavy atom. The molecule has 10 heteroatoms. The number of carbonyl (C=O) groups excluding carboxylic acids is 2. The second kappa shape index (κ2) is 8.39. The van der Waals surface area contributed by atoms with Gasteiger partial charge in [-0.15, -0.1) is 0 Å². The SMILES string of the molecule is O=C(Nc1ccc(F)c(F)c1)c1ccc(F)c(C(F)(F)C(=O)N2CCC(O)CC2)c1. The number of nitrogens with one attached hydrogen (secondary N) is 1. The lowest BCUT2D eigenvalue weighted by Crippen LogP contribution is -2.47. The Morgan fingerprint density at radius 3 is 2.23 bits per heavy atom. The lowest BCUT2D eigenvalue weighted by Gasteiger charge is -2.32. The summed E-state index contributed by atoms with van der Waals surface area (Å²) in [5, 5.41) is 11.6. The van der Waals surface area contributed by atoms with Crippen LogP contribution in [0.5, 0.6) is 0 Å². The van der Waals surface area contributed by atoms with Crippen molar-refractivity contribution in [3.63, 3.8) is 0 Å². The van der Waals surface area contributed by atoms with Crippen LogP contribution >= 0.6 is 0 Å². The summed E-state index contributed by atoms with van der Waals surface area (Å²) in [7, 11) is 0.